The maximum absolute atomic E-state index is 12.8. The number of hydrogen-bond donors (Lipinski definition) is 1. The molecule has 152 valence electrons. The number of carbonyl (C=O) groups is 1. The maximum atomic E-state index is 12.8. The minimum absolute atomic E-state index is 0.0528. The van der Waals surface area contributed by atoms with Crippen LogP contribution in [0, 0.1) is 36.0 Å². The number of carbonyl (C=O) groups excluding carboxylic acids is 1. The number of aryl methyl sites for hydroxylation is 1. The van der Waals surface area contributed by atoms with Crippen LogP contribution >= 0.6 is 11.6 Å². The van der Waals surface area contributed by atoms with Gasteiger partial charge in [0.2, 0.25) is 0 Å². The first-order valence-electron chi connectivity index (χ1n) is 9.73. The Balaban J connectivity index is 1.80. The van der Waals surface area contributed by atoms with Gasteiger partial charge in [-0.15, -0.1) is 0 Å². The fourth-order valence-corrected chi connectivity index (χ4v) is 4.93. The summed E-state index contributed by atoms with van der Waals surface area (Å²) < 4.78 is 6.38. The molecule has 1 aliphatic rings. The summed E-state index contributed by atoms with van der Waals surface area (Å²) in [7, 11) is 0. The maximum Gasteiger partial charge on any atom is 0.251 e. The van der Waals surface area contributed by atoms with E-state index in [4.69, 9.17) is 21.6 Å². The van der Waals surface area contributed by atoms with E-state index >= 15 is 0 Å². The van der Waals surface area contributed by atoms with E-state index in [9.17, 15) is 4.79 Å². The Kier molecular flexibility index (Phi) is 5.40. The van der Waals surface area contributed by atoms with Crippen molar-refractivity contribution in [2.75, 3.05) is 0 Å². The Labute approximate surface area is 177 Å². The van der Waals surface area contributed by atoms with Gasteiger partial charge in [-0.05, 0) is 38.1 Å². The lowest BCUT2D eigenvalue weighted by atomic mass is 9.49. The van der Waals surface area contributed by atoms with Crippen LogP contribution in [0.2, 0.25) is 5.02 Å². The molecule has 4 nitrogen and oxygen atoms in total. The molecule has 3 rings (SSSR count). The van der Waals surface area contributed by atoms with Crippen LogP contribution in [0.4, 0.5) is 0 Å². The van der Waals surface area contributed by atoms with Crippen molar-refractivity contribution in [1.82, 2.24) is 5.32 Å². The number of ether oxygens (including phenoxy) is 1. The van der Waals surface area contributed by atoms with Crippen molar-refractivity contribution in [3.8, 4) is 11.8 Å². The third-order valence-electron chi connectivity index (χ3n) is 6.13. The largest absolute Gasteiger partial charge is 0.489 e. The SMILES string of the molecule is Cc1ccc(C(=O)N[C@H]2C(C)(C)[C@H](Oc3ccc(C#N)c(Cl)c3C)C2(C)C)cc1. The summed E-state index contributed by atoms with van der Waals surface area (Å²) in [5, 5.41) is 12.8. The van der Waals surface area contributed by atoms with Gasteiger partial charge in [-0.25, -0.2) is 0 Å². The van der Waals surface area contributed by atoms with Crippen LogP contribution < -0.4 is 10.1 Å². The number of rotatable bonds is 4. The number of hydrogen-bond acceptors (Lipinski definition) is 3. The second-order valence-corrected chi connectivity index (χ2v) is 9.45. The van der Waals surface area contributed by atoms with Gasteiger partial charge in [0, 0.05) is 28.0 Å². The molecule has 0 radical (unpaired) electrons. The van der Waals surface area contributed by atoms with Gasteiger partial charge in [0.25, 0.3) is 5.91 Å². The third-order valence-corrected chi connectivity index (χ3v) is 6.62. The van der Waals surface area contributed by atoms with Crippen LogP contribution in [0.25, 0.3) is 0 Å². The molecule has 1 amide bonds. The Morgan fingerprint density at radius 1 is 1.07 bits per heavy atom. The Morgan fingerprint density at radius 3 is 2.21 bits per heavy atom. The quantitative estimate of drug-likeness (QED) is 0.729. The van der Waals surface area contributed by atoms with E-state index in [1.165, 1.54) is 0 Å². The predicted molar refractivity (Wildman–Crippen MR) is 115 cm³/mol. The Morgan fingerprint density at radius 2 is 1.66 bits per heavy atom. The number of nitrogens with zero attached hydrogens (tertiary/aromatic N) is 1. The van der Waals surface area contributed by atoms with Crippen molar-refractivity contribution < 1.29 is 9.53 Å². The first-order valence-corrected chi connectivity index (χ1v) is 10.1. The van der Waals surface area contributed by atoms with E-state index in [0.29, 0.717) is 21.9 Å². The molecule has 1 fully saturated rings. The van der Waals surface area contributed by atoms with Crippen molar-refractivity contribution in [2.24, 2.45) is 10.8 Å². The lowest BCUT2D eigenvalue weighted by Crippen LogP contribution is -2.74. The minimum atomic E-state index is -0.281. The van der Waals surface area contributed by atoms with Gasteiger partial charge in [0.15, 0.2) is 0 Å². The molecular formula is C24H27ClN2O2. The van der Waals surface area contributed by atoms with Gasteiger partial charge in [0.05, 0.1) is 10.6 Å². The highest BCUT2D eigenvalue weighted by atomic mass is 35.5. The molecule has 0 unspecified atom stereocenters. The van der Waals surface area contributed by atoms with Gasteiger partial charge >= 0.3 is 0 Å². The summed E-state index contributed by atoms with van der Waals surface area (Å²) in [6.45, 7) is 12.3. The number of nitriles is 1. The number of halogens is 1. The summed E-state index contributed by atoms with van der Waals surface area (Å²) in [6.07, 6.45) is -0.124. The van der Waals surface area contributed by atoms with Gasteiger partial charge < -0.3 is 10.1 Å². The van der Waals surface area contributed by atoms with Crippen LogP contribution in [0.1, 0.15) is 54.7 Å². The average molecular weight is 411 g/mol. The van der Waals surface area contributed by atoms with E-state index in [-0.39, 0.29) is 28.9 Å². The lowest BCUT2D eigenvalue weighted by molar-refractivity contribution is -0.164. The fourth-order valence-electron chi connectivity index (χ4n) is 4.73. The predicted octanol–water partition coefficient (Wildman–Crippen LogP) is 5.44. The molecule has 1 saturated carbocycles. The summed E-state index contributed by atoms with van der Waals surface area (Å²) >= 11 is 6.30. The standard InChI is InChI=1S/C24H27ClN2O2/c1-14-7-9-16(10-8-14)20(28)27-21-23(3,4)22(24(21,5)6)29-18-12-11-17(13-26)19(25)15(18)2/h7-12,21-22H,1-6H3,(H,27,28)/t21-,22-. The molecule has 5 heteroatoms. The lowest BCUT2D eigenvalue weighted by Gasteiger charge is -2.63. The molecule has 0 spiro atoms. The van der Waals surface area contributed by atoms with Crippen molar-refractivity contribution in [3.63, 3.8) is 0 Å². The highest BCUT2D eigenvalue weighted by Gasteiger charge is 2.64. The Bertz CT molecular complexity index is 971. The molecular weight excluding hydrogens is 384 g/mol. The summed E-state index contributed by atoms with van der Waals surface area (Å²) in [6, 6.07) is 13.1. The van der Waals surface area contributed by atoms with Gasteiger partial charge in [0.1, 0.15) is 17.9 Å². The first kappa shape index (κ1) is 21.2. The average Bonchev–Trinajstić information content (AvgIpc) is 2.67. The van der Waals surface area contributed by atoms with E-state index in [1.54, 1.807) is 12.1 Å². The molecule has 29 heavy (non-hydrogen) atoms. The second-order valence-electron chi connectivity index (χ2n) is 9.08. The van der Waals surface area contributed by atoms with Crippen LogP contribution in [-0.4, -0.2) is 18.1 Å². The zero-order chi connectivity index (χ0) is 21.6. The number of nitrogens with one attached hydrogen (secondary N) is 1. The molecule has 0 atom stereocenters. The molecule has 0 bridgehead atoms. The van der Waals surface area contributed by atoms with Crippen molar-refractivity contribution in [1.29, 1.82) is 5.26 Å². The molecule has 0 heterocycles. The van der Waals surface area contributed by atoms with E-state index < -0.39 is 0 Å². The first-order chi connectivity index (χ1) is 13.5. The normalized spacial score (nSPS) is 21.6. The number of amides is 1. The zero-order valence-corrected chi connectivity index (χ0v) is 18.5. The van der Waals surface area contributed by atoms with Gasteiger partial charge in [-0.2, -0.15) is 5.26 Å². The third kappa shape index (κ3) is 3.60. The fraction of sp³-hybridized carbons (Fsp3) is 0.417. The highest BCUT2D eigenvalue weighted by molar-refractivity contribution is 6.32. The van der Waals surface area contributed by atoms with E-state index in [0.717, 1.165) is 11.1 Å². The van der Waals surface area contributed by atoms with Crippen LogP contribution in [-0.2, 0) is 0 Å². The molecule has 2 aromatic carbocycles. The topological polar surface area (TPSA) is 62.1 Å². The van der Waals surface area contributed by atoms with Gasteiger partial charge in [-0.1, -0.05) is 57.0 Å². The van der Waals surface area contributed by atoms with E-state index in [2.05, 4.69) is 39.1 Å². The number of benzene rings is 2. The highest BCUT2D eigenvalue weighted by Crippen LogP contribution is 2.56. The second kappa shape index (κ2) is 7.39. The zero-order valence-electron chi connectivity index (χ0n) is 17.8. The molecule has 1 aliphatic carbocycles. The molecule has 2 aromatic rings. The monoisotopic (exact) mass is 410 g/mol. The van der Waals surface area contributed by atoms with Crippen molar-refractivity contribution in [3.05, 3.63) is 63.7 Å². The molecule has 0 saturated heterocycles. The Hall–Kier alpha value is -2.51. The van der Waals surface area contributed by atoms with E-state index in [1.807, 2.05) is 38.1 Å². The molecule has 0 aliphatic heterocycles. The van der Waals surface area contributed by atoms with Crippen molar-refractivity contribution >= 4 is 17.5 Å². The summed E-state index contributed by atoms with van der Waals surface area (Å²) in [5.41, 5.74) is 2.40. The van der Waals surface area contributed by atoms with Crippen LogP contribution in [0.15, 0.2) is 36.4 Å². The molecule has 1 N–H and O–H groups in total. The smallest absolute Gasteiger partial charge is 0.251 e. The van der Waals surface area contributed by atoms with Crippen LogP contribution in [0.5, 0.6) is 5.75 Å². The van der Waals surface area contributed by atoms with Crippen LogP contribution in [0.3, 0.4) is 0 Å². The summed E-state index contributed by atoms with van der Waals surface area (Å²) in [4.78, 5) is 12.8. The summed E-state index contributed by atoms with van der Waals surface area (Å²) in [5.74, 6) is 0.593. The van der Waals surface area contributed by atoms with Gasteiger partial charge in [-0.3, -0.25) is 4.79 Å². The minimum Gasteiger partial charge on any atom is -0.489 e. The molecule has 0 aromatic heterocycles. The van der Waals surface area contributed by atoms with Crippen molar-refractivity contribution in [2.45, 2.75) is 53.7 Å².